The Morgan fingerprint density at radius 1 is 1.00 bits per heavy atom. The van der Waals surface area contributed by atoms with Gasteiger partial charge >= 0.3 is 0 Å². The zero-order chi connectivity index (χ0) is 24.1. The lowest BCUT2D eigenvalue weighted by Crippen LogP contribution is -2.30. The van der Waals surface area contributed by atoms with Crippen LogP contribution in [-0.2, 0) is 6.54 Å². The molecule has 0 saturated carbocycles. The highest BCUT2D eigenvalue weighted by Crippen LogP contribution is 2.41. The van der Waals surface area contributed by atoms with Crippen LogP contribution in [0.2, 0.25) is 0 Å². The molecule has 8 nitrogen and oxygen atoms in total. The molecule has 1 saturated heterocycles. The van der Waals surface area contributed by atoms with E-state index in [4.69, 9.17) is 19.2 Å². The van der Waals surface area contributed by atoms with Gasteiger partial charge in [-0.05, 0) is 30.5 Å². The van der Waals surface area contributed by atoms with Crippen molar-refractivity contribution in [2.75, 3.05) is 46.4 Å². The summed E-state index contributed by atoms with van der Waals surface area (Å²) in [7, 11) is 6.51. The van der Waals surface area contributed by atoms with Gasteiger partial charge in [0, 0.05) is 38.4 Å². The van der Waals surface area contributed by atoms with Gasteiger partial charge in [-0.1, -0.05) is 30.3 Å². The molecule has 1 aliphatic heterocycles. The predicted octanol–water partition coefficient (Wildman–Crippen LogP) is 4.04. The van der Waals surface area contributed by atoms with Crippen molar-refractivity contribution >= 4 is 11.7 Å². The van der Waals surface area contributed by atoms with Crippen molar-refractivity contribution < 1.29 is 19.0 Å². The van der Waals surface area contributed by atoms with Gasteiger partial charge in [-0.15, -0.1) is 0 Å². The third-order valence-electron chi connectivity index (χ3n) is 5.94. The number of hydrogen-bond acceptors (Lipinski definition) is 7. The minimum atomic E-state index is -0.109. The molecular weight excluding hydrogens is 432 g/mol. The molecule has 1 amide bonds. The average molecular weight is 463 g/mol. The number of benzene rings is 2. The van der Waals surface area contributed by atoms with Gasteiger partial charge < -0.3 is 24.0 Å². The molecule has 0 radical (unpaired) electrons. The molecule has 0 unspecified atom stereocenters. The number of amides is 1. The van der Waals surface area contributed by atoms with Crippen LogP contribution in [0.25, 0.3) is 11.4 Å². The zero-order valence-corrected chi connectivity index (χ0v) is 20.1. The largest absolute Gasteiger partial charge is 0.493 e. The Labute approximate surface area is 200 Å². The van der Waals surface area contributed by atoms with Crippen molar-refractivity contribution in [2.24, 2.45) is 0 Å². The molecule has 2 heterocycles. The van der Waals surface area contributed by atoms with Gasteiger partial charge in [0.2, 0.25) is 5.75 Å². The molecule has 0 spiro atoms. The SMILES string of the molecule is COc1cc(-c2ncc(C(=O)N(C)Cc3ccccc3)c(N3CCCC3)n2)cc(OC)c1OC. The quantitative estimate of drug-likeness (QED) is 0.500. The maximum Gasteiger partial charge on any atom is 0.259 e. The highest BCUT2D eigenvalue weighted by Gasteiger charge is 2.25. The van der Waals surface area contributed by atoms with Crippen molar-refractivity contribution in [1.29, 1.82) is 0 Å². The second-order valence-electron chi connectivity index (χ2n) is 8.19. The van der Waals surface area contributed by atoms with Crippen LogP contribution in [0.15, 0.2) is 48.7 Å². The second-order valence-corrected chi connectivity index (χ2v) is 8.19. The minimum absolute atomic E-state index is 0.109. The van der Waals surface area contributed by atoms with Crippen molar-refractivity contribution in [3.63, 3.8) is 0 Å². The molecule has 34 heavy (non-hydrogen) atoms. The van der Waals surface area contributed by atoms with E-state index in [1.807, 2.05) is 42.5 Å². The van der Waals surface area contributed by atoms with E-state index < -0.39 is 0 Å². The number of carbonyl (C=O) groups is 1. The molecule has 0 bridgehead atoms. The van der Waals surface area contributed by atoms with E-state index in [9.17, 15) is 4.79 Å². The van der Waals surface area contributed by atoms with Gasteiger partial charge in [-0.3, -0.25) is 4.79 Å². The van der Waals surface area contributed by atoms with Crippen LogP contribution in [0, 0.1) is 0 Å². The standard InChI is InChI=1S/C26H30N4O4/c1-29(17-18-10-6-5-7-11-18)26(31)20-16-27-24(28-25(20)30-12-8-9-13-30)19-14-21(32-2)23(34-4)22(15-19)33-3/h5-7,10-11,14-16H,8-9,12-13,17H2,1-4H3. The summed E-state index contributed by atoms with van der Waals surface area (Å²) in [6.07, 6.45) is 3.76. The molecule has 1 aliphatic rings. The molecule has 0 N–H and O–H groups in total. The normalized spacial score (nSPS) is 13.0. The number of carbonyl (C=O) groups excluding carboxylic acids is 1. The van der Waals surface area contributed by atoms with E-state index in [2.05, 4.69) is 9.88 Å². The van der Waals surface area contributed by atoms with Crippen LogP contribution in [0.5, 0.6) is 17.2 Å². The Morgan fingerprint density at radius 2 is 1.65 bits per heavy atom. The van der Waals surface area contributed by atoms with E-state index in [-0.39, 0.29) is 5.91 Å². The molecule has 0 atom stereocenters. The third kappa shape index (κ3) is 4.76. The van der Waals surface area contributed by atoms with Crippen molar-refractivity contribution in [2.45, 2.75) is 19.4 Å². The molecule has 0 aliphatic carbocycles. The van der Waals surface area contributed by atoms with Gasteiger partial charge in [0.25, 0.3) is 5.91 Å². The van der Waals surface area contributed by atoms with E-state index >= 15 is 0 Å². The van der Waals surface area contributed by atoms with E-state index in [0.29, 0.717) is 46.6 Å². The predicted molar refractivity (Wildman–Crippen MR) is 131 cm³/mol. The van der Waals surface area contributed by atoms with Gasteiger partial charge in [-0.2, -0.15) is 0 Å². The Morgan fingerprint density at radius 3 is 2.24 bits per heavy atom. The van der Waals surface area contributed by atoms with Crippen LogP contribution >= 0.6 is 0 Å². The monoisotopic (exact) mass is 462 g/mol. The van der Waals surface area contributed by atoms with E-state index in [1.165, 1.54) is 0 Å². The minimum Gasteiger partial charge on any atom is -0.493 e. The van der Waals surface area contributed by atoms with Gasteiger partial charge in [-0.25, -0.2) is 9.97 Å². The zero-order valence-electron chi connectivity index (χ0n) is 20.1. The second kappa shape index (κ2) is 10.4. The summed E-state index contributed by atoms with van der Waals surface area (Å²) in [5, 5.41) is 0. The van der Waals surface area contributed by atoms with Crippen LogP contribution in [0.4, 0.5) is 5.82 Å². The summed E-state index contributed by atoms with van der Waals surface area (Å²) in [6, 6.07) is 13.6. The molecule has 1 aromatic heterocycles. The summed E-state index contributed by atoms with van der Waals surface area (Å²) in [4.78, 5) is 26.7. The van der Waals surface area contributed by atoms with E-state index in [0.717, 1.165) is 31.5 Å². The fraction of sp³-hybridized carbons (Fsp3) is 0.346. The molecular formula is C26H30N4O4. The van der Waals surface area contributed by atoms with Gasteiger partial charge in [0.1, 0.15) is 11.4 Å². The summed E-state index contributed by atoms with van der Waals surface area (Å²) in [6.45, 7) is 2.22. The molecule has 3 aromatic rings. The first-order valence-corrected chi connectivity index (χ1v) is 11.3. The maximum atomic E-state index is 13.4. The summed E-state index contributed by atoms with van der Waals surface area (Å²) >= 11 is 0. The average Bonchev–Trinajstić information content (AvgIpc) is 3.42. The number of aromatic nitrogens is 2. The van der Waals surface area contributed by atoms with Crippen molar-refractivity contribution in [1.82, 2.24) is 14.9 Å². The number of ether oxygens (including phenoxy) is 3. The molecule has 4 rings (SSSR count). The van der Waals surface area contributed by atoms with Gasteiger partial charge in [0.15, 0.2) is 17.3 Å². The molecule has 8 heteroatoms. The number of methoxy groups -OCH3 is 3. The fourth-order valence-corrected chi connectivity index (χ4v) is 4.18. The van der Waals surface area contributed by atoms with Gasteiger partial charge in [0.05, 0.1) is 21.3 Å². The third-order valence-corrected chi connectivity index (χ3v) is 5.94. The topological polar surface area (TPSA) is 77.0 Å². The molecule has 178 valence electrons. The van der Waals surface area contributed by atoms with Crippen LogP contribution < -0.4 is 19.1 Å². The Hall–Kier alpha value is -3.81. The number of anilines is 1. The Balaban J connectivity index is 1.72. The van der Waals surface area contributed by atoms with Crippen LogP contribution in [-0.4, -0.2) is 62.2 Å². The smallest absolute Gasteiger partial charge is 0.259 e. The lowest BCUT2D eigenvalue weighted by Gasteiger charge is -2.23. The highest BCUT2D eigenvalue weighted by atomic mass is 16.5. The van der Waals surface area contributed by atoms with Crippen LogP contribution in [0.1, 0.15) is 28.8 Å². The summed E-state index contributed by atoms with van der Waals surface area (Å²) in [5.74, 6) is 2.58. The highest BCUT2D eigenvalue weighted by molar-refractivity contribution is 5.98. The fourth-order valence-electron chi connectivity index (χ4n) is 4.18. The van der Waals surface area contributed by atoms with Crippen molar-refractivity contribution in [3.8, 4) is 28.6 Å². The number of hydrogen-bond donors (Lipinski definition) is 0. The first kappa shape index (κ1) is 23.4. The Bertz CT molecular complexity index is 1120. The molecule has 2 aromatic carbocycles. The molecule has 1 fully saturated rings. The van der Waals surface area contributed by atoms with Crippen LogP contribution in [0.3, 0.4) is 0 Å². The summed E-state index contributed by atoms with van der Waals surface area (Å²) < 4.78 is 16.4. The first-order valence-electron chi connectivity index (χ1n) is 11.3. The van der Waals surface area contributed by atoms with Crippen molar-refractivity contribution in [3.05, 3.63) is 59.8 Å². The lowest BCUT2D eigenvalue weighted by atomic mass is 10.1. The number of rotatable bonds is 8. The lowest BCUT2D eigenvalue weighted by molar-refractivity contribution is 0.0785. The summed E-state index contributed by atoms with van der Waals surface area (Å²) in [5.41, 5.74) is 2.28. The maximum absolute atomic E-state index is 13.4. The first-order chi connectivity index (χ1) is 16.5. The Kier molecular flexibility index (Phi) is 7.15. The number of nitrogens with zero attached hydrogens (tertiary/aromatic N) is 4. The van der Waals surface area contributed by atoms with E-state index in [1.54, 1.807) is 39.5 Å².